The van der Waals surface area contributed by atoms with E-state index in [1.807, 2.05) is 0 Å². The van der Waals surface area contributed by atoms with Crippen LogP contribution in [0.2, 0.25) is 0 Å². The van der Waals surface area contributed by atoms with Gasteiger partial charge in [0.25, 0.3) is 0 Å². The molecule has 0 aromatic heterocycles. The van der Waals surface area contributed by atoms with Gasteiger partial charge in [0, 0.05) is 23.1 Å². The molecule has 0 atom stereocenters. The molecule has 1 fully saturated rings. The Kier molecular flexibility index (Phi) is 4.91. The minimum absolute atomic E-state index is 0.264. The van der Waals surface area contributed by atoms with Crippen LogP contribution >= 0.6 is 15.9 Å². The molecule has 0 spiro atoms. The molecule has 2 nitrogen and oxygen atoms in total. The zero-order chi connectivity index (χ0) is 13.9. The summed E-state index contributed by atoms with van der Waals surface area (Å²) in [5.41, 5.74) is 2.92. The van der Waals surface area contributed by atoms with Crippen molar-refractivity contribution in [2.45, 2.75) is 45.6 Å². The molecule has 0 aliphatic carbocycles. The highest BCUT2D eigenvalue weighted by molar-refractivity contribution is 9.10. The smallest absolute Gasteiger partial charge is 0.0514 e. The number of halogens is 1. The lowest BCUT2D eigenvalue weighted by Crippen LogP contribution is -2.50. The molecular weight excluding hydrogens is 300 g/mol. The first-order chi connectivity index (χ1) is 9.12. The number of anilines is 1. The number of aryl methyl sites for hydroxylation is 1. The molecule has 19 heavy (non-hydrogen) atoms. The third-order valence-corrected chi connectivity index (χ3v) is 5.50. The highest BCUT2D eigenvalue weighted by Crippen LogP contribution is 2.32. The van der Waals surface area contributed by atoms with E-state index in [9.17, 15) is 0 Å². The highest BCUT2D eigenvalue weighted by atomic mass is 79.9. The van der Waals surface area contributed by atoms with Gasteiger partial charge in [-0.15, -0.1) is 0 Å². The van der Waals surface area contributed by atoms with E-state index in [4.69, 9.17) is 0 Å². The zero-order valence-electron chi connectivity index (χ0n) is 12.3. The van der Waals surface area contributed by atoms with Crippen molar-refractivity contribution in [3.8, 4) is 0 Å². The maximum absolute atomic E-state index is 3.77. The van der Waals surface area contributed by atoms with Crippen LogP contribution in [0.5, 0.6) is 0 Å². The van der Waals surface area contributed by atoms with Crippen molar-refractivity contribution in [3.05, 3.63) is 28.2 Å². The first kappa shape index (κ1) is 14.9. The minimum atomic E-state index is 0.264. The molecule has 106 valence electrons. The van der Waals surface area contributed by atoms with Gasteiger partial charge < -0.3 is 10.2 Å². The van der Waals surface area contributed by atoms with Gasteiger partial charge in [-0.05, 0) is 60.3 Å². The van der Waals surface area contributed by atoms with Crippen LogP contribution in [0.1, 0.15) is 38.7 Å². The van der Waals surface area contributed by atoms with Gasteiger partial charge in [-0.1, -0.05) is 26.0 Å². The normalized spacial score (nSPS) is 19.3. The van der Waals surface area contributed by atoms with Crippen LogP contribution < -0.4 is 10.2 Å². The number of hydrogen-bond donors (Lipinski definition) is 1. The van der Waals surface area contributed by atoms with Crippen molar-refractivity contribution < 1.29 is 0 Å². The van der Waals surface area contributed by atoms with Crippen LogP contribution in [-0.4, -0.2) is 25.2 Å². The van der Waals surface area contributed by atoms with Crippen LogP contribution in [0.15, 0.2) is 22.7 Å². The van der Waals surface area contributed by atoms with Gasteiger partial charge in [-0.25, -0.2) is 0 Å². The van der Waals surface area contributed by atoms with Crippen LogP contribution in [0.3, 0.4) is 0 Å². The van der Waals surface area contributed by atoms with E-state index in [0.29, 0.717) is 0 Å². The first-order valence-corrected chi connectivity index (χ1v) is 8.16. The van der Waals surface area contributed by atoms with Gasteiger partial charge in [-0.2, -0.15) is 0 Å². The molecule has 1 aliphatic heterocycles. The zero-order valence-corrected chi connectivity index (χ0v) is 13.9. The van der Waals surface area contributed by atoms with Gasteiger partial charge in [0.2, 0.25) is 0 Å². The molecule has 3 heteroatoms. The summed E-state index contributed by atoms with van der Waals surface area (Å²) in [7, 11) is 0. The van der Waals surface area contributed by atoms with Gasteiger partial charge in [0.1, 0.15) is 0 Å². The SMILES string of the molecule is CCC1(CC)CN(c2cccc(C)c2Br)CCCN1. The van der Waals surface area contributed by atoms with Crippen molar-refractivity contribution >= 4 is 21.6 Å². The van der Waals surface area contributed by atoms with Crippen LogP contribution in [0.25, 0.3) is 0 Å². The Labute approximate surface area is 125 Å². The fraction of sp³-hybridized carbons (Fsp3) is 0.625. The van der Waals surface area contributed by atoms with E-state index < -0.39 is 0 Å². The standard InChI is InChI=1S/C16H25BrN2/c1-4-16(5-2)12-19(11-7-10-18-16)14-9-6-8-13(3)15(14)17/h6,8-9,18H,4-5,7,10-12H2,1-3H3. The Balaban J connectivity index is 2.30. The quantitative estimate of drug-likeness (QED) is 0.899. The molecule has 0 saturated carbocycles. The second-order valence-corrected chi connectivity index (χ2v) is 6.39. The summed E-state index contributed by atoms with van der Waals surface area (Å²) in [6, 6.07) is 6.56. The summed E-state index contributed by atoms with van der Waals surface area (Å²) in [5, 5.41) is 3.77. The third-order valence-electron chi connectivity index (χ3n) is 4.46. The topological polar surface area (TPSA) is 15.3 Å². The minimum Gasteiger partial charge on any atom is -0.369 e. The number of rotatable bonds is 3. The molecule has 1 heterocycles. The van der Waals surface area contributed by atoms with Crippen LogP contribution in [0.4, 0.5) is 5.69 Å². The van der Waals surface area contributed by atoms with E-state index in [0.717, 1.165) is 19.6 Å². The maximum Gasteiger partial charge on any atom is 0.0514 e. The molecule has 2 rings (SSSR count). The Hall–Kier alpha value is -0.540. The molecule has 0 bridgehead atoms. The molecule has 0 radical (unpaired) electrons. The summed E-state index contributed by atoms with van der Waals surface area (Å²) < 4.78 is 1.25. The van der Waals surface area contributed by atoms with E-state index in [-0.39, 0.29) is 5.54 Å². The van der Waals surface area contributed by atoms with Crippen molar-refractivity contribution in [3.63, 3.8) is 0 Å². The third kappa shape index (κ3) is 3.14. The lowest BCUT2D eigenvalue weighted by Gasteiger charge is -2.37. The summed E-state index contributed by atoms with van der Waals surface area (Å²) in [6.45, 7) is 10.1. The van der Waals surface area contributed by atoms with E-state index in [1.54, 1.807) is 0 Å². The lowest BCUT2D eigenvalue weighted by molar-refractivity contribution is 0.321. The number of hydrogen-bond acceptors (Lipinski definition) is 2. The number of nitrogens with zero attached hydrogens (tertiary/aromatic N) is 1. The molecule has 1 saturated heterocycles. The fourth-order valence-electron chi connectivity index (χ4n) is 2.93. The Bertz CT molecular complexity index is 427. The van der Waals surface area contributed by atoms with Gasteiger partial charge in [0.05, 0.1) is 5.69 Å². The van der Waals surface area contributed by atoms with Gasteiger partial charge in [-0.3, -0.25) is 0 Å². The summed E-state index contributed by atoms with van der Waals surface area (Å²) in [5.74, 6) is 0. The summed E-state index contributed by atoms with van der Waals surface area (Å²) in [4.78, 5) is 2.55. The fourth-order valence-corrected chi connectivity index (χ4v) is 3.44. The Morgan fingerprint density at radius 1 is 1.32 bits per heavy atom. The van der Waals surface area contributed by atoms with Gasteiger partial charge >= 0.3 is 0 Å². The second kappa shape index (κ2) is 6.27. The summed E-state index contributed by atoms with van der Waals surface area (Å²) >= 11 is 3.76. The van der Waals surface area contributed by atoms with Crippen LogP contribution in [0, 0.1) is 6.92 Å². The monoisotopic (exact) mass is 324 g/mol. The molecule has 1 aromatic rings. The first-order valence-electron chi connectivity index (χ1n) is 7.37. The molecule has 1 aliphatic rings. The predicted octanol–water partition coefficient (Wildman–Crippen LogP) is 4.12. The average Bonchev–Trinajstić information content (AvgIpc) is 2.65. The number of nitrogens with one attached hydrogen (secondary N) is 1. The predicted molar refractivity (Wildman–Crippen MR) is 87.0 cm³/mol. The Morgan fingerprint density at radius 3 is 2.74 bits per heavy atom. The largest absolute Gasteiger partial charge is 0.369 e. The van der Waals surface area contributed by atoms with Crippen molar-refractivity contribution in [2.24, 2.45) is 0 Å². The summed E-state index contributed by atoms with van der Waals surface area (Å²) in [6.07, 6.45) is 3.58. The average molecular weight is 325 g/mol. The molecule has 0 unspecified atom stereocenters. The van der Waals surface area contributed by atoms with Crippen molar-refractivity contribution in [1.29, 1.82) is 0 Å². The van der Waals surface area contributed by atoms with E-state index in [1.165, 1.54) is 35.0 Å². The van der Waals surface area contributed by atoms with E-state index >= 15 is 0 Å². The number of benzene rings is 1. The molecule has 1 N–H and O–H groups in total. The van der Waals surface area contributed by atoms with Gasteiger partial charge in [0.15, 0.2) is 0 Å². The molecular formula is C16H25BrN2. The maximum atomic E-state index is 3.77. The molecule has 1 aromatic carbocycles. The second-order valence-electron chi connectivity index (χ2n) is 5.60. The van der Waals surface area contributed by atoms with Crippen molar-refractivity contribution in [1.82, 2.24) is 5.32 Å². The van der Waals surface area contributed by atoms with Crippen LogP contribution in [-0.2, 0) is 0 Å². The lowest BCUT2D eigenvalue weighted by atomic mass is 9.92. The van der Waals surface area contributed by atoms with E-state index in [2.05, 4.69) is 65.1 Å². The van der Waals surface area contributed by atoms with Crippen molar-refractivity contribution in [2.75, 3.05) is 24.5 Å². The highest BCUT2D eigenvalue weighted by Gasteiger charge is 2.30. The Morgan fingerprint density at radius 2 is 2.05 bits per heavy atom. The molecule has 0 amide bonds.